The lowest BCUT2D eigenvalue weighted by molar-refractivity contribution is -0.134. The lowest BCUT2D eigenvalue weighted by atomic mass is 10.1. The van der Waals surface area contributed by atoms with Gasteiger partial charge in [-0.15, -0.1) is 0 Å². The van der Waals surface area contributed by atoms with Crippen LogP contribution in [0, 0.1) is 0 Å². The molecule has 0 aliphatic rings. The fourth-order valence-corrected chi connectivity index (χ4v) is 2.37. The predicted molar refractivity (Wildman–Crippen MR) is 95.4 cm³/mol. The molecule has 3 aromatic rings. The van der Waals surface area contributed by atoms with E-state index in [1.807, 2.05) is 24.3 Å². The van der Waals surface area contributed by atoms with Crippen LogP contribution in [0.4, 0.5) is 17.5 Å². The van der Waals surface area contributed by atoms with Crippen molar-refractivity contribution in [2.45, 2.75) is 6.92 Å². The zero-order valence-electron chi connectivity index (χ0n) is 13.5. The molecule has 0 radical (unpaired) electrons. The molecule has 7 heteroatoms. The summed E-state index contributed by atoms with van der Waals surface area (Å²) in [5.41, 5.74) is 1.93. The highest BCUT2D eigenvalue weighted by molar-refractivity contribution is 5.95. The van der Waals surface area contributed by atoms with E-state index in [1.54, 1.807) is 24.3 Å². The lowest BCUT2D eigenvalue weighted by Crippen LogP contribution is -2.14. The van der Waals surface area contributed by atoms with Gasteiger partial charge in [-0.25, -0.2) is 4.98 Å². The third-order valence-electron chi connectivity index (χ3n) is 3.54. The number of ketones is 1. The maximum atomic E-state index is 11.5. The highest BCUT2D eigenvalue weighted by atomic mass is 16.4. The van der Waals surface area contributed by atoms with Gasteiger partial charge in [-0.05, 0) is 31.2 Å². The van der Waals surface area contributed by atoms with Crippen LogP contribution in [0.15, 0.2) is 48.5 Å². The Balaban J connectivity index is 1.97. The second kappa shape index (κ2) is 6.96. The van der Waals surface area contributed by atoms with Crippen molar-refractivity contribution in [3.8, 4) is 0 Å². The van der Waals surface area contributed by atoms with Crippen molar-refractivity contribution in [3.63, 3.8) is 0 Å². The molecule has 7 nitrogen and oxygen atoms in total. The minimum absolute atomic E-state index is 0.0353. The number of hydrogen-bond acceptors (Lipinski definition) is 6. The third-order valence-corrected chi connectivity index (χ3v) is 3.54. The number of aliphatic carboxylic acids is 1. The van der Waals surface area contributed by atoms with Crippen molar-refractivity contribution < 1.29 is 14.7 Å². The Labute approximate surface area is 143 Å². The van der Waals surface area contributed by atoms with E-state index < -0.39 is 5.97 Å². The number of para-hydroxylation sites is 1. The first-order valence-corrected chi connectivity index (χ1v) is 7.63. The molecular formula is C18H16N4O3. The number of fused-ring (bicyclic) bond motifs is 1. The second-order valence-corrected chi connectivity index (χ2v) is 5.42. The van der Waals surface area contributed by atoms with Crippen LogP contribution in [-0.2, 0) is 4.79 Å². The number of carboxylic acids is 1. The minimum atomic E-state index is -0.980. The molecule has 0 saturated carbocycles. The number of nitrogens with zero attached hydrogens (tertiary/aromatic N) is 2. The quantitative estimate of drug-likeness (QED) is 0.594. The van der Waals surface area contributed by atoms with Gasteiger partial charge in [0.25, 0.3) is 0 Å². The number of benzene rings is 2. The molecule has 1 aromatic heterocycles. The Hall–Kier alpha value is -3.48. The third kappa shape index (κ3) is 3.89. The van der Waals surface area contributed by atoms with Gasteiger partial charge in [-0.3, -0.25) is 9.59 Å². The molecule has 0 unspecified atom stereocenters. The average Bonchev–Trinajstić information content (AvgIpc) is 2.59. The number of nitrogens with one attached hydrogen (secondary N) is 2. The van der Waals surface area contributed by atoms with Crippen molar-refractivity contribution >= 4 is 40.1 Å². The van der Waals surface area contributed by atoms with E-state index in [9.17, 15) is 9.59 Å². The molecule has 0 saturated heterocycles. The monoisotopic (exact) mass is 336 g/mol. The summed E-state index contributed by atoms with van der Waals surface area (Å²) in [5, 5.41) is 15.5. The first kappa shape index (κ1) is 16.4. The van der Waals surface area contributed by atoms with Gasteiger partial charge in [0.1, 0.15) is 12.4 Å². The molecule has 0 atom stereocenters. The summed E-state index contributed by atoms with van der Waals surface area (Å²) in [4.78, 5) is 31.1. The Bertz CT molecular complexity index is 956. The van der Waals surface area contributed by atoms with Crippen molar-refractivity contribution in [2.24, 2.45) is 0 Å². The van der Waals surface area contributed by atoms with Crippen LogP contribution in [0.1, 0.15) is 17.3 Å². The molecule has 2 aromatic carbocycles. The van der Waals surface area contributed by atoms with Crippen LogP contribution in [0.3, 0.4) is 0 Å². The van der Waals surface area contributed by atoms with Crippen LogP contribution in [0.5, 0.6) is 0 Å². The Kier molecular flexibility index (Phi) is 4.56. The lowest BCUT2D eigenvalue weighted by Gasteiger charge is -2.11. The summed E-state index contributed by atoms with van der Waals surface area (Å²) in [6.45, 7) is 1.25. The number of carbonyl (C=O) groups excluding carboxylic acids is 1. The maximum absolute atomic E-state index is 11.5. The number of hydrogen-bond donors (Lipinski definition) is 3. The topological polar surface area (TPSA) is 104 Å². The van der Waals surface area contributed by atoms with Gasteiger partial charge in [0.2, 0.25) is 5.95 Å². The first-order chi connectivity index (χ1) is 12.0. The Morgan fingerprint density at radius 2 is 1.88 bits per heavy atom. The molecular weight excluding hydrogens is 320 g/mol. The summed E-state index contributed by atoms with van der Waals surface area (Å²) in [6, 6.07) is 14.3. The summed E-state index contributed by atoms with van der Waals surface area (Å²) < 4.78 is 0. The smallest absolute Gasteiger partial charge is 0.322 e. The van der Waals surface area contributed by atoms with E-state index in [2.05, 4.69) is 20.6 Å². The molecule has 3 rings (SSSR count). The minimum Gasteiger partial charge on any atom is -0.480 e. The van der Waals surface area contributed by atoms with Crippen LogP contribution >= 0.6 is 0 Å². The van der Waals surface area contributed by atoms with Crippen molar-refractivity contribution in [2.75, 3.05) is 17.2 Å². The second-order valence-electron chi connectivity index (χ2n) is 5.42. The largest absolute Gasteiger partial charge is 0.480 e. The highest BCUT2D eigenvalue weighted by Crippen LogP contribution is 2.23. The summed E-state index contributed by atoms with van der Waals surface area (Å²) in [6.07, 6.45) is 0. The van der Waals surface area contributed by atoms with E-state index in [0.717, 1.165) is 5.39 Å². The molecule has 3 N–H and O–H groups in total. The van der Waals surface area contributed by atoms with Crippen LogP contribution in [0.2, 0.25) is 0 Å². The standard InChI is InChI=1S/C18H16N4O3/c1-11(23)12-5-4-6-13(9-12)20-18-21-15-8-3-2-7-14(15)17(22-18)19-10-16(24)25/h2-9H,10H2,1H3,(H,24,25)(H2,19,20,21,22). The zero-order valence-corrected chi connectivity index (χ0v) is 13.5. The molecule has 0 aliphatic heterocycles. The van der Waals surface area contributed by atoms with E-state index in [4.69, 9.17) is 5.11 Å². The zero-order chi connectivity index (χ0) is 17.8. The van der Waals surface area contributed by atoms with Gasteiger partial charge in [-0.1, -0.05) is 24.3 Å². The van der Waals surface area contributed by atoms with Crippen LogP contribution < -0.4 is 10.6 Å². The molecule has 126 valence electrons. The molecule has 0 spiro atoms. The number of carbonyl (C=O) groups is 2. The summed E-state index contributed by atoms with van der Waals surface area (Å²) in [5.74, 6) is -0.274. The van der Waals surface area contributed by atoms with E-state index in [0.29, 0.717) is 28.5 Å². The number of anilines is 3. The normalized spacial score (nSPS) is 10.4. The van der Waals surface area contributed by atoms with Crippen LogP contribution in [0.25, 0.3) is 10.9 Å². The van der Waals surface area contributed by atoms with Gasteiger partial charge in [-0.2, -0.15) is 4.98 Å². The van der Waals surface area contributed by atoms with Gasteiger partial charge in [0.15, 0.2) is 5.78 Å². The summed E-state index contributed by atoms with van der Waals surface area (Å²) in [7, 11) is 0. The Morgan fingerprint density at radius 3 is 2.64 bits per heavy atom. The predicted octanol–water partition coefficient (Wildman–Crippen LogP) is 3.07. The SMILES string of the molecule is CC(=O)c1cccc(Nc2nc(NCC(=O)O)c3ccccc3n2)c1. The molecule has 0 amide bonds. The van der Waals surface area contributed by atoms with E-state index in [1.165, 1.54) is 6.92 Å². The number of rotatable bonds is 6. The molecule has 0 bridgehead atoms. The molecule has 0 aliphatic carbocycles. The highest BCUT2D eigenvalue weighted by Gasteiger charge is 2.09. The van der Waals surface area contributed by atoms with Crippen molar-refractivity contribution in [3.05, 3.63) is 54.1 Å². The number of aromatic nitrogens is 2. The average molecular weight is 336 g/mol. The number of carboxylic acid groups (broad SMARTS) is 1. The summed E-state index contributed by atoms with van der Waals surface area (Å²) >= 11 is 0. The van der Waals surface area contributed by atoms with Gasteiger partial charge in [0, 0.05) is 16.6 Å². The van der Waals surface area contributed by atoms with E-state index in [-0.39, 0.29) is 12.3 Å². The van der Waals surface area contributed by atoms with Crippen LogP contribution in [-0.4, -0.2) is 33.4 Å². The molecule has 25 heavy (non-hydrogen) atoms. The van der Waals surface area contributed by atoms with Gasteiger partial charge < -0.3 is 15.7 Å². The molecule has 0 fully saturated rings. The van der Waals surface area contributed by atoms with Crippen molar-refractivity contribution in [1.29, 1.82) is 0 Å². The fraction of sp³-hybridized carbons (Fsp3) is 0.111. The maximum Gasteiger partial charge on any atom is 0.322 e. The van der Waals surface area contributed by atoms with E-state index >= 15 is 0 Å². The van der Waals surface area contributed by atoms with Gasteiger partial charge in [0.05, 0.1) is 5.52 Å². The van der Waals surface area contributed by atoms with Crippen molar-refractivity contribution in [1.82, 2.24) is 9.97 Å². The van der Waals surface area contributed by atoms with Gasteiger partial charge >= 0.3 is 5.97 Å². The molecule has 1 heterocycles. The number of Topliss-reactive ketones (excluding diaryl/α,β-unsaturated/α-hetero) is 1. The first-order valence-electron chi connectivity index (χ1n) is 7.63. The Morgan fingerprint density at radius 1 is 1.08 bits per heavy atom. The fourth-order valence-electron chi connectivity index (χ4n) is 2.37.